The Bertz CT molecular complexity index is 392. The van der Waals surface area contributed by atoms with Gasteiger partial charge >= 0.3 is 0 Å². The molecule has 7 heteroatoms. The van der Waals surface area contributed by atoms with Crippen molar-refractivity contribution < 1.29 is 0 Å². The Morgan fingerprint density at radius 3 is 2.28 bits per heavy atom. The van der Waals surface area contributed by atoms with E-state index in [9.17, 15) is 0 Å². The Morgan fingerprint density at radius 1 is 1.11 bits per heavy atom. The number of hydrogen-bond donors (Lipinski definition) is 0. The minimum absolute atomic E-state index is 0.171. The van der Waals surface area contributed by atoms with Gasteiger partial charge in [0.1, 0.15) is 5.82 Å². The third kappa shape index (κ3) is 4.41. The van der Waals surface area contributed by atoms with Gasteiger partial charge in [0.05, 0.1) is 0 Å². The lowest BCUT2D eigenvalue weighted by Gasteiger charge is -2.22. The van der Waals surface area contributed by atoms with E-state index in [0.717, 1.165) is 25.9 Å². The zero-order valence-electron chi connectivity index (χ0n) is 10.8. The van der Waals surface area contributed by atoms with Crippen LogP contribution in [-0.2, 0) is 3.79 Å². The van der Waals surface area contributed by atoms with Crippen molar-refractivity contribution in [2.75, 3.05) is 18.0 Å². The van der Waals surface area contributed by atoms with Crippen LogP contribution >= 0.6 is 34.8 Å². The number of alkyl halides is 3. The molecule has 1 aromatic heterocycles. The first-order valence-corrected chi connectivity index (χ1v) is 7.06. The van der Waals surface area contributed by atoms with Gasteiger partial charge in [-0.2, -0.15) is 9.97 Å². The normalized spacial score (nSPS) is 11.7. The van der Waals surface area contributed by atoms with Crippen molar-refractivity contribution in [2.45, 2.75) is 37.4 Å². The molecular formula is C11H17Cl3N4. The SMILES string of the molecule is CCCCN(CC)c1nc(C)nc(C(Cl)(Cl)Cl)n1. The molecule has 0 spiro atoms. The number of rotatable bonds is 5. The highest BCUT2D eigenvalue weighted by Gasteiger charge is 2.28. The summed E-state index contributed by atoms with van der Waals surface area (Å²) in [4.78, 5) is 14.6. The van der Waals surface area contributed by atoms with Gasteiger partial charge in [-0.15, -0.1) is 0 Å². The lowest BCUT2D eigenvalue weighted by molar-refractivity contribution is 0.701. The number of hydrogen-bond acceptors (Lipinski definition) is 4. The summed E-state index contributed by atoms with van der Waals surface area (Å²) in [7, 11) is 0. The predicted octanol–water partition coefficient (Wildman–Crippen LogP) is 3.63. The monoisotopic (exact) mass is 310 g/mol. The molecule has 0 atom stereocenters. The van der Waals surface area contributed by atoms with Crippen LogP contribution in [0, 0.1) is 6.92 Å². The molecule has 0 saturated carbocycles. The number of aryl methyl sites for hydroxylation is 1. The molecule has 0 amide bonds. The Morgan fingerprint density at radius 2 is 1.78 bits per heavy atom. The molecule has 18 heavy (non-hydrogen) atoms. The minimum Gasteiger partial charge on any atom is -0.341 e. The quantitative estimate of drug-likeness (QED) is 0.779. The fourth-order valence-electron chi connectivity index (χ4n) is 1.48. The van der Waals surface area contributed by atoms with Gasteiger partial charge in [-0.1, -0.05) is 48.1 Å². The molecule has 1 rings (SSSR count). The van der Waals surface area contributed by atoms with Crippen LogP contribution < -0.4 is 4.90 Å². The molecule has 0 aliphatic heterocycles. The van der Waals surface area contributed by atoms with Crippen molar-refractivity contribution >= 4 is 40.8 Å². The minimum atomic E-state index is -1.62. The van der Waals surface area contributed by atoms with Crippen molar-refractivity contribution in [2.24, 2.45) is 0 Å². The van der Waals surface area contributed by atoms with Gasteiger partial charge in [-0.05, 0) is 20.3 Å². The Kier molecular flexibility index (Phi) is 5.89. The maximum Gasteiger partial charge on any atom is 0.250 e. The zero-order valence-corrected chi connectivity index (χ0v) is 13.0. The van der Waals surface area contributed by atoms with Crippen LogP contribution in [0.1, 0.15) is 38.3 Å². The van der Waals surface area contributed by atoms with Crippen LogP contribution in [0.15, 0.2) is 0 Å². The third-order valence-corrected chi connectivity index (χ3v) is 2.94. The van der Waals surface area contributed by atoms with Crippen LogP contribution in [-0.4, -0.2) is 28.0 Å². The summed E-state index contributed by atoms with van der Waals surface area (Å²) in [5.74, 6) is 1.29. The van der Waals surface area contributed by atoms with Crippen molar-refractivity contribution in [1.82, 2.24) is 15.0 Å². The van der Waals surface area contributed by atoms with Gasteiger partial charge < -0.3 is 4.90 Å². The third-order valence-electron chi connectivity index (χ3n) is 2.44. The molecule has 0 bridgehead atoms. The fourth-order valence-corrected chi connectivity index (χ4v) is 1.74. The number of nitrogens with zero attached hydrogens (tertiary/aromatic N) is 4. The molecule has 0 N–H and O–H groups in total. The van der Waals surface area contributed by atoms with E-state index in [2.05, 4.69) is 26.8 Å². The highest BCUT2D eigenvalue weighted by Crippen LogP contribution is 2.36. The predicted molar refractivity (Wildman–Crippen MR) is 76.6 cm³/mol. The molecule has 0 unspecified atom stereocenters. The van der Waals surface area contributed by atoms with Gasteiger partial charge in [0.25, 0.3) is 0 Å². The highest BCUT2D eigenvalue weighted by atomic mass is 35.6. The summed E-state index contributed by atoms with van der Waals surface area (Å²) < 4.78 is -1.62. The molecule has 0 saturated heterocycles. The summed E-state index contributed by atoms with van der Waals surface area (Å²) in [5, 5.41) is 0. The van der Waals surface area contributed by atoms with E-state index in [1.165, 1.54) is 0 Å². The van der Waals surface area contributed by atoms with E-state index in [-0.39, 0.29) is 5.82 Å². The van der Waals surface area contributed by atoms with E-state index in [4.69, 9.17) is 34.8 Å². The number of anilines is 1. The first-order valence-electron chi connectivity index (χ1n) is 5.93. The number of halogens is 3. The lowest BCUT2D eigenvalue weighted by atomic mass is 10.3. The standard InChI is InChI=1S/C11H17Cl3N4/c1-4-6-7-18(5-2)10-16-8(3)15-9(17-10)11(12,13)14/h4-7H2,1-3H3. The van der Waals surface area contributed by atoms with Crippen LogP contribution in [0.3, 0.4) is 0 Å². The summed E-state index contributed by atoms with van der Waals surface area (Å²) in [6.07, 6.45) is 2.18. The van der Waals surface area contributed by atoms with Crippen molar-refractivity contribution in [3.8, 4) is 0 Å². The van der Waals surface area contributed by atoms with E-state index < -0.39 is 3.79 Å². The van der Waals surface area contributed by atoms with Crippen LogP contribution in [0.25, 0.3) is 0 Å². The fraction of sp³-hybridized carbons (Fsp3) is 0.727. The molecular weight excluding hydrogens is 295 g/mol. The average molecular weight is 312 g/mol. The Labute approximate surface area is 123 Å². The maximum absolute atomic E-state index is 5.81. The van der Waals surface area contributed by atoms with E-state index in [0.29, 0.717) is 11.8 Å². The van der Waals surface area contributed by atoms with Gasteiger partial charge in [0.2, 0.25) is 9.74 Å². The number of unbranched alkanes of at least 4 members (excludes halogenated alkanes) is 1. The Balaban J connectivity index is 3.04. The summed E-state index contributed by atoms with van der Waals surface area (Å²) >= 11 is 17.4. The molecule has 4 nitrogen and oxygen atoms in total. The van der Waals surface area contributed by atoms with Crippen molar-refractivity contribution in [3.63, 3.8) is 0 Å². The van der Waals surface area contributed by atoms with Crippen molar-refractivity contribution in [1.29, 1.82) is 0 Å². The molecule has 0 aliphatic rings. The molecule has 0 radical (unpaired) electrons. The second-order valence-electron chi connectivity index (χ2n) is 3.94. The topological polar surface area (TPSA) is 41.9 Å². The molecule has 102 valence electrons. The maximum atomic E-state index is 5.81. The van der Waals surface area contributed by atoms with E-state index >= 15 is 0 Å². The highest BCUT2D eigenvalue weighted by molar-refractivity contribution is 6.66. The molecule has 1 aromatic rings. The molecule has 0 fully saturated rings. The van der Waals surface area contributed by atoms with Gasteiger partial charge in [-0.25, -0.2) is 4.98 Å². The van der Waals surface area contributed by atoms with E-state index in [1.807, 2.05) is 6.92 Å². The average Bonchev–Trinajstić information content (AvgIpc) is 2.28. The first-order chi connectivity index (χ1) is 8.38. The van der Waals surface area contributed by atoms with Crippen LogP contribution in [0.4, 0.5) is 5.95 Å². The molecule has 0 aromatic carbocycles. The van der Waals surface area contributed by atoms with E-state index in [1.54, 1.807) is 6.92 Å². The van der Waals surface area contributed by atoms with Gasteiger partial charge in [0, 0.05) is 13.1 Å². The number of aromatic nitrogens is 3. The second kappa shape index (κ2) is 6.73. The lowest BCUT2D eigenvalue weighted by Crippen LogP contribution is -2.27. The Hall–Kier alpha value is -0.320. The van der Waals surface area contributed by atoms with Crippen molar-refractivity contribution in [3.05, 3.63) is 11.6 Å². The second-order valence-corrected chi connectivity index (χ2v) is 6.22. The smallest absolute Gasteiger partial charge is 0.250 e. The zero-order chi connectivity index (χ0) is 13.8. The van der Waals surface area contributed by atoms with Gasteiger partial charge in [-0.3, -0.25) is 0 Å². The molecule has 1 heterocycles. The van der Waals surface area contributed by atoms with Crippen LogP contribution in [0.2, 0.25) is 0 Å². The first kappa shape index (κ1) is 15.7. The summed E-state index contributed by atoms with van der Waals surface area (Å²) in [5.41, 5.74) is 0. The van der Waals surface area contributed by atoms with Crippen LogP contribution in [0.5, 0.6) is 0 Å². The summed E-state index contributed by atoms with van der Waals surface area (Å²) in [6.45, 7) is 7.64. The molecule has 0 aliphatic carbocycles. The largest absolute Gasteiger partial charge is 0.341 e. The summed E-state index contributed by atoms with van der Waals surface area (Å²) in [6, 6.07) is 0. The van der Waals surface area contributed by atoms with Gasteiger partial charge in [0.15, 0.2) is 5.82 Å².